The molecular weight excluding hydrogens is 362 g/mol. The van der Waals surface area contributed by atoms with Crippen molar-refractivity contribution < 1.29 is 18.0 Å². The molecule has 1 aromatic heterocycles. The van der Waals surface area contributed by atoms with Gasteiger partial charge in [-0.1, -0.05) is 0 Å². The summed E-state index contributed by atoms with van der Waals surface area (Å²) in [5.74, 6) is -0.799. The zero-order valence-electron chi connectivity index (χ0n) is 13.8. The van der Waals surface area contributed by atoms with Gasteiger partial charge in [0.1, 0.15) is 5.69 Å². The van der Waals surface area contributed by atoms with E-state index in [1.54, 1.807) is 0 Å². The first-order valence-electron chi connectivity index (χ1n) is 7.49. The Morgan fingerprint density at radius 1 is 1.08 bits per heavy atom. The second-order valence-electron chi connectivity index (χ2n) is 5.17. The van der Waals surface area contributed by atoms with Crippen molar-refractivity contribution in [2.24, 2.45) is 0 Å². The maximum Gasteiger partial charge on any atom is 0.271 e. The van der Waals surface area contributed by atoms with Crippen LogP contribution in [0.1, 0.15) is 17.4 Å². The van der Waals surface area contributed by atoms with Crippen LogP contribution < -0.4 is 20.9 Å². The third-order valence-corrected chi connectivity index (χ3v) is 4.58. The van der Waals surface area contributed by atoms with E-state index in [2.05, 4.69) is 25.6 Å². The maximum atomic E-state index is 12.2. The standard InChI is InChI=1S/C15H17N5O5S/c1-10(21)18-11-2-4-12(5-3-11)26(24,25)17-9-8-16-15(23)13-6-7-14(22)20-19-13/h2-7,17H,8-9H2,1H3,(H,16,23)(H,18,21)(H,20,22). The number of rotatable bonds is 7. The lowest BCUT2D eigenvalue weighted by atomic mass is 10.3. The average molecular weight is 379 g/mol. The van der Waals surface area contributed by atoms with Gasteiger partial charge in [0.2, 0.25) is 15.9 Å². The van der Waals surface area contributed by atoms with Crippen molar-refractivity contribution in [3.05, 3.63) is 52.4 Å². The van der Waals surface area contributed by atoms with Crippen LogP contribution in [0.3, 0.4) is 0 Å². The quantitative estimate of drug-likeness (QED) is 0.474. The highest BCUT2D eigenvalue weighted by molar-refractivity contribution is 7.89. The molecule has 0 fully saturated rings. The van der Waals surface area contributed by atoms with Gasteiger partial charge in [-0.25, -0.2) is 18.2 Å². The number of hydrogen-bond donors (Lipinski definition) is 4. The zero-order valence-corrected chi connectivity index (χ0v) is 14.6. The van der Waals surface area contributed by atoms with Gasteiger partial charge < -0.3 is 10.6 Å². The molecule has 0 aliphatic carbocycles. The molecule has 2 amide bonds. The van der Waals surface area contributed by atoms with Gasteiger partial charge in [0.05, 0.1) is 4.90 Å². The number of nitrogens with one attached hydrogen (secondary N) is 4. The topological polar surface area (TPSA) is 150 Å². The summed E-state index contributed by atoms with van der Waals surface area (Å²) in [6.45, 7) is 1.34. The van der Waals surface area contributed by atoms with Gasteiger partial charge in [-0.3, -0.25) is 14.4 Å². The van der Waals surface area contributed by atoms with Gasteiger partial charge >= 0.3 is 0 Å². The molecule has 1 aromatic carbocycles. The first-order chi connectivity index (χ1) is 12.3. The second kappa shape index (κ2) is 8.36. The van der Waals surface area contributed by atoms with Crippen molar-refractivity contribution in [1.82, 2.24) is 20.2 Å². The van der Waals surface area contributed by atoms with E-state index < -0.39 is 21.5 Å². The van der Waals surface area contributed by atoms with Crippen LogP contribution in [-0.4, -0.2) is 43.5 Å². The number of anilines is 1. The number of amides is 2. The molecule has 0 aliphatic rings. The van der Waals surface area contributed by atoms with Crippen LogP contribution in [0.25, 0.3) is 0 Å². The molecule has 1 heterocycles. The Morgan fingerprint density at radius 3 is 2.35 bits per heavy atom. The molecular formula is C15H17N5O5S. The maximum absolute atomic E-state index is 12.2. The van der Waals surface area contributed by atoms with Gasteiger partial charge in [0, 0.05) is 31.8 Å². The Morgan fingerprint density at radius 2 is 1.77 bits per heavy atom. The van der Waals surface area contributed by atoms with Crippen molar-refractivity contribution in [1.29, 1.82) is 0 Å². The molecule has 0 spiro atoms. The summed E-state index contributed by atoms with van der Waals surface area (Å²) in [4.78, 5) is 33.6. The lowest BCUT2D eigenvalue weighted by Crippen LogP contribution is -2.35. The van der Waals surface area contributed by atoms with Gasteiger partial charge in [-0.05, 0) is 30.3 Å². The average Bonchev–Trinajstić information content (AvgIpc) is 2.59. The van der Waals surface area contributed by atoms with Crippen molar-refractivity contribution in [3.8, 4) is 0 Å². The number of benzene rings is 1. The highest BCUT2D eigenvalue weighted by atomic mass is 32.2. The summed E-state index contributed by atoms with van der Waals surface area (Å²) in [6, 6.07) is 8.08. The molecule has 11 heteroatoms. The first-order valence-corrected chi connectivity index (χ1v) is 8.97. The minimum atomic E-state index is -3.75. The fourth-order valence-electron chi connectivity index (χ4n) is 1.93. The Hall–Kier alpha value is -3.05. The smallest absolute Gasteiger partial charge is 0.271 e. The van der Waals surface area contributed by atoms with E-state index >= 15 is 0 Å². The number of sulfonamides is 1. The third kappa shape index (κ3) is 5.50. The summed E-state index contributed by atoms with van der Waals surface area (Å²) in [7, 11) is -3.75. The van der Waals surface area contributed by atoms with Crippen LogP contribution in [0.5, 0.6) is 0 Å². The summed E-state index contributed by atoms with van der Waals surface area (Å²) >= 11 is 0. The molecule has 0 unspecified atom stereocenters. The number of H-pyrrole nitrogens is 1. The van der Waals surface area contributed by atoms with Gasteiger partial charge in [-0.15, -0.1) is 0 Å². The largest absolute Gasteiger partial charge is 0.349 e. The Kier molecular flexibility index (Phi) is 6.20. The van der Waals surface area contributed by atoms with Crippen LogP contribution in [0.4, 0.5) is 5.69 Å². The zero-order chi connectivity index (χ0) is 19.2. The molecule has 0 aliphatic heterocycles. The van der Waals surface area contributed by atoms with E-state index in [0.29, 0.717) is 5.69 Å². The molecule has 2 aromatic rings. The summed E-state index contributed by atoms with van der Waals surface area (Å²) in [5.41, 5.74) is 0.0666. The van der Waals surface area contributed by atoms with Crippen LogP contribution in [0, 0.1) is 0 Å². The third-order valence-electron chi connectivity index (χ3n) is 3.10. The van der Waals surface area contributed by atoms with Crippen molar-refractivity contribution in [3.63, 3.8) is 0 Å². The molecule has 4 N–H and O–H groups in total. The summed E-state index contributed by atoms with van der Waals surface area (Å²) in [6.07, 6.45) is 0. The highest BCUT2D eigenvalue weighted by Crippen LogP contribution is 2.13. The molecule has 138 valence electrons. The van der Waals surface area contributed by atoms with E-state index in [1.807, 2.05) is 0 Å². The van der Waals surface area contributed by atoms with Crippen molar-refractivity contribution in [2.75, 3.05) is 18.4 Å². The Bertz CT molecular complexity index is 933. The Balaban J connectivity index is 1.86. The fraction of sp³-hybridized carbons (Fsp3) is 0.200. The highest BCUT2D eigenvalue weighted by Gasteiger charge is 2.14. The second-order valence-corrected chi connectivity index (χ2v) is 6.93. The van der Waals surface area contributed by atoms with Crippen molar-refractivity contribution in [2.45, 2.75) is 11.8 Å². The molecule has 0 saturated heterocycles. The predicted octanol–water partition coefficient (Wildman–Crippen LogP) is -0.563. The lowest BCUT2D eigenvalue weighted by Gasteiger charge is -2.09. The lowest BCUT2D eigenvalue weighted by molar-refractivity contribution is -0.114. The molecule has 26 heavy (non-hydrogen) atoms. The monoisotopic (exact) mass is 379 g/mol. The number of aromatic nitrogens is 2. The van der Waals surface area contributed by atoms with E-state index in [-0.39, 0.29) is 29.6 Å². The first kappa shape index (κ1) is 19.3. The molecule has 0 saturated carbocycles. The number of carbonyl (C=O) groups is 2. The van der Waals surface area contributed by atoms with Gasteiger partial charge in [0.15, 0.2) is 0 Å². The molecule has 0 bridgehead atoms. The van der Waals surface area contributed by atoms with Crippen LogP contribution in [0.2, 0.25) is 0 Å². The van der Waals surface area contributed by atoms with E-state index in [0.717, 1.165) is 6.07 Å². The SMILES string of the molecule is CC(=O)Nc1ccc(S(=O)(=O)NCCNC(=O)c2ccc(=O)[nH]n2)cc1. The molecule has 0 radical (unpaired) electrons. The Labute approximate surface area is 149 Å². The number of nitrogens with zero attached hydrogens (tertiary/aromatic N) is 1. The van der Waals surface area contributed by atoms with E-state index in [1.165, 1.54) is 37.3 Å². The summed E-state index contributed by atoms with van der Waals surface area (Å²) < 4.78 is 26.7. The van der Waals surface area contributed by atoms with E-state index in [9.17, 15) is 22.8 Å². The predicted molar refractivity (Wildman–Crippen MR) is 93.1 cm³/mol. The molecule has 0 atom stereocenters. The van der Waals surface area contributed by atoms with Gasteiger partial charge in [0.25, 0.3) is 11.5 Å². The minimum absolute atomic E-state index is 0.0148. The van der Waals surface area contributed by atoms with Crippen LogP contribution in [0.15, 0.2) is 46.1 Å². The molecule has 2 rings (SSSR count). The van der Waals surface area contributed by atoms with Crippen molar-refractivity contribution >= 4 is 27.5 Å². The van der Waals surface area contributed by atoms with Gasteiger partial charge in [-0.2, -0.15) is 5.10 Å². The number of hydrogen-bond acceptors (Lipinski definition) is 6. The summed E-state index contributed by atoms with van der Waals surface area (Å²) in [5, 5.41) is 10.7. The normalized spacial score (nSPS) is 11.0. The number of aromatic amines is 1. The van der Waals surface area contributed by atoms with Crippen LogP contribution in [-0.2, 0) is 14.8 Å². The fourth-order valence-corrected chi connectivity index (χ4v) is 2.96. The molecule has 10 nitrogen and oxygen atoms in total. The van der Waals surface area contributed by atoms with E-state index in [4.69, 9.17) is 0 Å². The number of carbonyl (C=O) groups excluding carboxylic acids is 2. The minimum Gasteiger partial charge on any atom is -0.349 e. The van der Waals surface area contributed by atoms with Crippen LogP contribution >= 0.6 is 0 Å².